The van der Waals surface area contributed by atoms with Crippen LogP contribution in [0.15, 0.2) is 42.5 Å². The van der Waals surface area contributed by atoms with Gasteiger partial charge < -0.3 is 15.2 Å². The first-order valence-electron chi connectivity index (χ1n) is 9.42. The van der Waals surface area contributed by atoms with Gasteiger partial charge in [-0.25, -0.2) is 4.98 Å². The molecule has 1 amide bonds. The number of rotatable bonds is 2. The molecular formula is C21H22N4O. The predicted octanol–water partition coefficient (Wildman–Crippen LogP) is 3.26. The zero-order valence-electron chi connectivity index (χ0n) is 14.7. The summed E-state index contributed by atoms with van der Waals surface area (Å²) in [4.78, 5) is 17.1. The monoisotopic (exact) mass is 346 g/mol. The highest BCUT2D eigenvalue weighted by Crippen LogP contribution is 2.30. The van der Waals surface area contributed by atoms with E-state index in [-0.39, 0.29) is 5.91 Å². The summed E-state index contributed by atoms with van der Waals surface area (Å²) in [5, 5.41) is 6.57. The zero-order valence-corrected chi connectivity index (χ0v) is 14.7. The highest BCUT2D eigenvalue weighted by atomic mass is 16.1. The second-order valence-electron chi connectivity index (χ2n) is 7.14. The summed E-state index contributed by atoms with van der Waals surface area (Å²) in [5.41, 5.74) is 4.98. The lowest BCUT2D eigenvalue weighted by Crippen LogP contribution is -2.26. The Morgan fingerprint density at radius 2 is 1.92 bits per heavy atom. The quantitative estimate of drug-likeness (QED) is 0.749. The Bertz CT molecular complexity index is 968. The van der Waals surface area contributed by atoms with Gasteiger partial charge in [-0.05, 0) is 37.1 Å². The second-order valence-corrected chi connectivity index (χ2v) is 7.14. The van der Waals surface area contributed by atoms with Crippen molar-refractivity contribution >= 4 is 16.9 Å². The molecule has 5 heteroatoms. The lowest BCUT2D eigenvalue weighted by molar-refractivity contribution is 0.0956. The molecule has 1 fully saturated rings. The third-order valence-electron chi connectivity index (χ3n) is 5.51. The van der Waals surface area contributed by atoms with Gasteiger partial charge in [0.15, 0.2) is 0 Å². The fourth-order valence-corrected chi connectivity index (χ4v) is 4.18. The Kier molecular flexibility index (Phi) is 3.75. The van der Waals surface area contributed by atoms with E-state index in [1.807, 2.05) is 18.2 Å². The minimum absolute atomic E-state index is 0.0143. The second kappa shape index (κ2) is 6.25. The number of nitrogens with zero attached hydrogens (tertiary/aromatic N) is 2. The molecule has 1 atom stereocenters. The molecule has 2 aromatic carbocycles. The van der Waals surface area contributed by atoms with Crippen LogP contribution in [0.5, 0.6) is 0 Å². The van der Waals surface area contributed by atoms with Gasteiger partial charge >= 0.3 is 0 Å². The van der Waals surface area contributed by atoms with Crippen LogP contribution in [0.2, 0.25) is 0 Å². The van der Waals surface area contributed by atoms with E-state index in [9.17, 15) is 4.79 Å². The predicted molar refractivity (Wildman–Crippen MR) is 102 cm³/mol. The first-order chi connectivity index (χ1) is 12.8. The molecule has 2 aliphatic rings. The van der Waals surface area contributed by atoms with Crippen molar-refractivity contribution in [1.29, 1.82) is 0 Å². The van der Waals surface area contributed by atoms with Crippen LogP contribution >= 0.6 is 0 Å². The van der Waals surface area contributed by atoms with Crippen molar-refractivity contribution in [1.82, 2.24) is 20.2 Å². The molecule has 132 valence electrons. The van der Waals surface area contributed by atoms with Crippen molar-refractivity contribution in [2.24, 2.45) is 0 Å². The molecule has 3 heterocycles. The van der Waals surface area contributed by atoms with Gasteiger partial charge in [0, 0.05) is 24.7 Å². The third-order valence-corrected chi connectivity index (χ3v) is 5.51. The molecule has 1 unspecified atom stereocenters. The van der Waals surface area contributed by atoms with E-state index in [4.69, 9.17) is 4.98 Å². The molecule has 0 aliphatic carbocycles. The van der Waals surface area contributed by atoms with E-state index < -0.39 is 0 Å². The molecule has 0 radical (unpaired) electrons. The van der Waals surface area contributed by atoms with Crippen molar-refractivity contribution in [2.45, 2.75) is 31.8 Å². The fraction of sp³-hybridized carbons (Fsp3) is 0.333. The van der Waals surface area contributed by atoms with E-state index in [0.717, 1.165) is 35.5 Å². The zero-order chi connectivity index (χ0) is 17.5. The lowest BCUT2D eigenvalue weighted by Gasteiger charge is -2.24. The summed E-state index contributed by atoms with van der Waals surface area (Å²) < 4.78 is 2.18. The van der Waals surface area contributed by atoms with Crippen LogP contribution in [0.4, 0.5) is 0 Å². The Balaban J connectivity index is 1.57. The van der Waals surface area contributed by atoms with Crippen molar-refractivity contribution in [2.75, 3.05) is 13.1 Å². The Labute approximate surface area is 152 Å². The van der Waals surface area contributed by atoms with Crippen LogP contribution in [0, 0.1) is 0 Å². The molecule has 0 spiro atoms. The Morgan fingerprint density at radius 3 is 2.73 bits per heavy atom. The largest absolute Gasteiger partial charge is 0.350 e. The molecule has 1 saturated heterocycles. The van der Waals surface area contributed by atoms with Crippen LogP contribution in [0.25, 0.3) is 22.4 Å². The summed E-state index contributed by atoms with van der Waals surface area (Å²) >= 11 is 0. The molecule has 26 heavy (non-hydrogen) atoms. The summed E-state index contributed by atoms with van der Waals surface area (Å²) in [6, 6.07) is 15.0. The van der Waals surface area contributed by atoms with E-state index >= 15 is 0 Å². The average Bonchev–Trinajstić information content (AvgIpc) is 2.98. The maximum absolute atomic E-state index is 12.3. The van der Waals surface area contributed by atoms with Crippen LogP contribution in [0.1, 0.15) is 41.2 Å². The minimum Gasteiger partial charge on any atom is -0.350 e. The number of hydrogen-bond donors (Lipinski definition) is 2. The highest BCUT2D eigenvalue weighted by molar-refractivity contribution is 6.06. The molecule has 0 saturated carbocycles. The van der Waals surface area contributed by atoms with E-state index in [1.54, 1.807) is 0 Å². The number of piperidine rings is 1. The number of amides is 1. The van der Waals surface area contributed by atoms with E-state index in [1.165, 1.54) is 24.8 Å². The molecule has 3 aromatic rings. The summed E-state index contributed by atoms with van der Waals surface area (Å²) in [6.45, 7) is 2.46. The molecule has 5 nitrogen and oxygen atoms in total. The number of carbonyl (C=O) groups excluding carboxylic acids is 1. The van der Waals surface area contributed by atoms with Crippen molar-refractivity contribution < 1.29 is 4.79 Å². The van der Waals surface area contributed by atoms with Gasteiger partial charge in [0.1, 0.15) is 5.82 Å². The normalized spacial score (nSPS) is 20.0. The SMILES string of the molecule is O=C1NCCn2c(-c3ccc(C4CCCCN4)cc3)nc3cccc1c32. The summed E-state index contributed by atoms with van der Waals surface area (Å²) in [5.74, 6) is 0.923. The molecule has 0 bridgehead atoms. The summed E-state index contributed by atoms with van der Waals surface area (Å²) in [7, 11) is 0. The average molecular weight is 346 g/mol. The Morgan fingerprint density at radius 1 is 1.04 bits per heavy atom. The van der Waals surface area contributed by atoms with E-state index in [0.29, 0.717) is 18.2 Å². The topological polar surface area (TPSA) is 59.0 Å². The van der Waals surface area contributed by atoms with Crippen LogP contribution in [-0.4, -0.2) is 28.5 Å². The van der Waals surface area contributed by atoms with Gasteiger partial charge in [-0.3, -0.25) is 4.79 Å². The maximum atomic E-state index is 12.3. The molecule has 5 rings (SSSR count). The van der Waals surface area contributed by atoms with Gasteiger partial charge in [0.2, 0.25) is 0 Å². The van der Waals surface area contributed by atoms with Crippen molar-refractivity contribution in [3.8, 4) is 11.4 Å². The van der Waals surface area contributed by atoms with Gasteiger partial charge in [-0.2, -0.15) is 0 Å². The standard InChI is InChI=1S/C21H22N4O/c26-21-16-4-3-6-18-19(16)25(13-12-23-21)20(24-18)15-9-7-14(8-10-15)17-5-1-2-11-22-17/h3-4,6-10,17,22H,1-2,5,11-13H2,(H,23,26). The number of benzene rings is 2. The summed E-state index contributed by atoms with van der Waals surface area (Å²) in [6.07, 6.45) is 3.77. The molecule has 1 aromatic heterocycles. The Hall–Kier alpha value is -2.66. The molecule has 2 N–H and O–H groups in total. The minimum atomic E-state index is -0.0143. The number of para-hydroxylation sites is 1. The number of carbonyl (C=O) groups is 1. The number of hydrogen-bond acceptors (Lipinski definition) is 3. The number of aromatic nitrogens is 2. The fourth-order valence-electron chi connectivity index (χ4n) is 4.18. The maximum Gasteiger partial charge on any atom is 0.253 e. The van der Waals surface area contributed by atoms with Gasteiger partial charge in [-0.15, -0.1) is 0 Å². The number of nitrogens with one attached hydrogen (secondary N) is 2. The molecular weight excluding hydrogens is 324 g/mol. The third kappa shape index (κ3) is 2.51. The van der Waals surface area contributed by atoms with Crippen molar-refractivity contribution in [3.63, 3.8) is 0 Å². The molecule has 2 aliphatic heterocycles. The van der Waals surface area contributed by atoms with Gasteiger partial charge in [-0.1, -0.05) is 36.8 Å². The first kappa shape index (κ1) is 15.6. The highest BCUT2D eigenvalue weighted by Gasteiger charge is 2.22. The van der Waals surface area contributed by atoms with Crippen LogP contribution < -0.4 is 10.6 Å². The van der Waals surface area contributed by atoms with Crippen LogP contribution in [0.3, 0.4) is 0 Å². The smallest absolute Gasteiger partial charge is 0.253 e. The number of imidazole rings is 1. The van der Waals surface area contributed by atoms with Gasteiger partial charge in [0.05, 0.1) is 16.6 Å². The van der Waals surface area contributed by atoms with Gasteiger partial charge in [0.25, 0.3) is 5.91 Å². The van der Waals surface area contributed by atoms with E-state index in [2.05, 4.69) is 39.5 Å². The first-order valence-corrected chi connectivity index (χ1v) is 9.42. The van der Waals surface area contributed by atoms with Crippen molar-refractivity contribution in [3.05, 3.63) is 53.6 Å². The van der Waals surface area contributed by atoms with Crippen LogP contribution in [-0.2, 0) is 6.54 Å². The lowest BCUT2D eigenvalue weighted by atomic mass is 9.97.